The number of carbonyl (C=O) groups is 1. The summed E-state index contributed by atoms with van der Waals surface area (Å²) in [5, 5.41) is 13.2. The van der Waals surface area contributed by atoms with Gasteiger partial charge in [-0.25, -0.2) is 4.98 Å². The number of rotatable bonds is 7. The number of ether oxygens (including phenoxy) is 1. The van der Waals surface area contributed by atoms with Gasteiger partial charge in [0.2, 0.25) is 5.91 Å². The van der Waals surface area contributed by atoms with E-state index >= 15 is 0 Å². The molecule has 0 saturated carbocycles. The van der Waals surface area contributed by atoms with Gasteiger partial charge in [0.05, 0.1) is 23.6 Å². The SMILES string of the molecule is CCOc1ccccc1NC(=O)CSc1nnc2c3ccccc3nc(C(C)C)n12. The molecule has 1 amide bonds. The van der Waals surface area contributed by atoms with Gasteiger partial charge in [-0.2, -0.15) is 0 Å². The molecule has 2 heterocycles. The molecule has 0 saturated heterocycles. The number of nitrogens with one attached hydrogen (secondary N) is 1. The van der Waals surface area contributed by atoms with Crippen molar-refractivity contribution in [2.24, 2.45) is 0 Å². The van der Waals surface area contributed by atoms with E-state index in [4.69, 9.17) is 9.72 Å². The third-order valence-corrected chi connectivity index (χ3v) is 5.48. The van der Waals surface area contributed by atoms with Crippen LogP contribution in [0.4, 0.5) is 5.69 Å². The maximum Gasteiger partial charge on any atom is 0.234 e. The fraction of sp³-hybridized carbons (Fsp3) is 0.273. The molecule has 0 atom stereocenters. The molecule has 0 aliphatic heterocycles. The Bertz CT molecular complexity index is 1200. The molecule has 7 nitrogen and oxygen atoms in total. The molecule has 0 unspecified atom stereocenters. The zero-order valence-corrected chi connectivity index (χ0v) is 17.9. The van der Waals surface area contributed by atoms with Gasteiger partial charge < -0.3 is 10.1 Å². The zero-order valence-electron chi connectivity index (χ0n) is 17.1. The van der Waals surface area contributed by atoms with Gasteiger partial charge in [0.25, 0.3) is 0 Å². The first-order chi connectivity index (χ1) is 14.6. The second-order valence-electron chi connectivity index (χ2n) is 7.05. The summed E-state index contributed by atoms with van der Waals surface area (Å²) < 4.78 is 7.53. The third kappa shape index (κ3) is 3.95. The molecule has 30 heavy (non-hydrogen) atoms. The van der Waals surface area contributed by atoms with Crippen molar-refractivity contribution >= 4 is 39.9 Å². The molecular formula is C22H23N5O2S. The number of nitrogens with zero attached hydrogens (tertiary/aromatic N) is 4. The maximum absolute atomic E-state index is 12.6. The van der Waals surface area contributed by atoms with Gasteiger partial charge in [-0.1, -0.05) is 49.9 Å². The van der Waals surface area contributed by atoms with Crippen molar-refractivity contribution in [3.63, 3.8) is 0 Å². The number of carbonyl (C=O) groups excluding carboxylic acids is 1. The molecule has 8 heteroatoms. The Hall–Kier alpha value is -3.13. The van der Waals surface area contributed by atoms with Gasteiger partial charge in [-0.05, 0) is 31.2 Å². The van der Waals surface area contributed by atoms with Crippen LogP contribution in [0, 0.1) is 0 Å². The summed E-state index contributed by atoms with van der Waals surface area (Å²) in [6.07, 6.45) is 0. The number of hydrogen-bond donors (Lipinski definition) is 1. The van der Waals surface area contributed by atoms with Gasteiger partial charge in [-0.15, -0.1) is 10.2 Å². The lowest BCUT2D eigenvalue weighted by Gasteiger charge is -2.12. The number of fused-ring (bicyclic) bond motifs is 3. The number of hydrogen-bond acceptors (Lipinski definition) is 6. The number of para-hydroxylation sites is 3. The lowest BCUT2D eigenvalue weighted by Crippen LogP contribution is -2.15. The molecule has 4 rings (SSSR count). The number of anilines is 1. The Morgan fingerprint density at radius 3 is 2.70 bits per heavy atom. The van der Waals surface area contributed by atoms with Crippen LogP contribution in [0.25, 0.3) is 16.6 Å². The minimum Gasteiger partial charge on any atom is -0.492 e. The molecule has 4 aromatic rings. The fourth-order valence-electron chi connectivity index (χ4n) is 3.23. The molecule has 1 N–H and O–H groups in total. The summed E-state index contributed by atoms with van der Waals surface area (Å²) in [5.74, 6) is 1.77. The topological polar surface area (TPSA) is 81.4 Å². The molecule has 0 radical (unpaired) electrons. The highest BCUT2D eigenvalue weighted by Crippen LogP contribution is 2.28. The Kier molecular flexibility index (Phi) is 5.85. The average Bonchev–Trinajstić information content (AvgIpc) is 3.17. The van der Waals surface area contributed by atoms with Gasteiger partial charge in [-0.3, -0.25) is 9.20 Å². The van der Waals surface area contributed by atoms with Crippen LogP contribution in [0.2, 0.25) is 0 Å². The van der Waals surface area contributed by atoms with Crippen molar-refractivity contribution in [2.75, 3.05) is 17.7 Å². The van der Waals surface area contributed by atoms with Crippen molar-refractivity contribution in [1.82, 2.24) is 19.6 Å². The van der Waals surface area contributed by atoms with E-state index in [-0.39, 0.29) is 17.6 Å². The predicted octanol–water partition coefficient (Wildman–Crippen LogP) is 4.53. The average molecular weight is 422 g/mol. The van der Waals surface area contributed by atoms with E-state index in [1.54, 1.807) is 0 Å². The van der Waals surface area contributed by atoms with E-state index in [1.807, 2.05) is 59.9 Å². The smallest absolute Gasteiger partial charge is 0.234 e. The van der Waals surface area contributed by atoms with Gasteiger partial charge in [0.15, 0.2) is 10.8 Å². The molecule has 0 aliphatic rings. The van der Waals surface area contributed by atoms with Crippen LogP contribution in [-0.4, -0.2) is 37.8 Å². The van der Waals surface area contributed by atoms with Crippen molar-refractivity contribution in [3.05, 3.63) is 54.4 Å². The van der Waals surface area contributed by atoms with E-state index in [2.05, 4.69) is 29.4 Å². The monoisotopic (exact) mass is 421 g/mol. The molecule has 154 valence electrons. The first kappa shape index (κ1) is 20.2. The minimum absolute atomic E-state index is 0.135. The quantitative estimate of drug-likeness (QED) is 0.442. The number of thioether (sulfide) groups is 1. The van der Waals surface area contributed by atoms with Crippen LogP contribution >= 0.6 is 11.8 Å². The molecule has 0 aliphatic carbocycles. The second kappa shape index (κ2) is 8.71. The van der Waals surface area contributed by atoms with Crippen LogP contribution in [0.3, 0.4) is 0 Å². The summed E-state index contributed by atoms with van der Waals surface area (Å²) in [6, 6.07) is 15.3. The number of benzene rings is 2. The van der Waals surface area contributed by atoms with Crippen molar-refractivity contribution in [1.29, 1.82) is 0 Å². The van der Waals surface area contributed by atoms with E-state index in [0.717, 1.165) is 22.4 Å². The standard InChI is InChI=1S/C22H23N5O2S/c1-4-29-18-12-8-7-11-17(18)23-19(28)13-30-22-26-25-21-15-9-5-6-10-16(15)24-20(14(2)3)27(21)22/h5-12,14H,4,13H2,1-3H3,(H,23,28). The summed E-state index contributed by atoms with van der Waals surface area (Å²) in [6.45, 7) is 6.62. The minimum atomic E-state index is -0.135. The van der Waals surface area contributed by atoms with Crippen LogP contribution in [0.5, 0.6) is 5.75 Å². The first-order valence-corrected chi connectivity index (χ1v) is 10.8. The Morgan fingerprint density at radius 1 is 1.13 bits per heavy atom. The second-order valence-corrected chi connectivity index (χ2v) is 7.99. The van der Waals surface area contributed by atoms with Crippen LogP contribution in [-0.2, 0) is 4.79 Å². The number of amides is 1. The van der Waals surface area contributed by atoms with Crippen LogP contribution in [0.15, 0.2) is 53.7 Å². The Labute approximate surface area is 178 Å². The van der Waals surface area contributed by atoms with E-state index in [9.17, 15) is 4.79 Å². The molecule has 0 bridgehead atoms. The fourth-order valence-corrected chi connectivity index (χ4v) is 3.97. The van der Waals surface area contributed by atoms with Gasteiger partial charge in [0, 0.05) is 11.3 Å². The molecular weight excluding hydrogens is 398 g/mol. The Balaban J connectivity index is 1.59. The highest BCUT2D eigenvalue weighted by Gasteiger charge is 2.18. The number of aromatic nitrogens is 4. The third-order valence-electron chi connectivity index (χ3n) is 4.55. The van der Waals surface area contributed by atoms with Crippen molar-refractivity contribution in [3.8, 4) is 5.75 Å². The van der Waals surface area contributed by atoms with Crippen molar-refractivity contribution < 1.29 is 9.53 Å². The van der Waals surface area contributed by atoms with Crippen molar-refractivity contribution in [2.45, 2.75) is 31.8 Å². The highest BCUT2D eigenvalue weighted by atomic mass is 32.2. The lowest BCUT2D eigenvalue weighted by atomic mass is 10.2. The summed E-state index contributed by atoms with van der Waals surface area (Å²) in [5.41, 5.74) is 2.31. The molecule has 2 aromatic heterocycles. The maximum atomic E-state index is 12.6. The Morgan fingerprint density at radius 2 is 1.90 bits per heavy atom. The molecule has 0 fully saturated rings. The van der Waals surface area contributed by atoms with E-state index in [1.165, 1.54) is 11.8 Å². The molecule has 0 spiro atoms. The predicted molar refractivity (Wildman–Crippen MR) is 119 cm³/mol. The highest BCUT2D eigenvalue weighted by molar-refractivity contribution is 7.99. The van der Waals surface area contributed by atoms with Gasteiger partial charge in [0.1, 0.15) is 11.6 Å². The lowest BCUT2D eigenvalue weighted by molar-refractivity contribution is -0.113. The zero-order chi connectivity index (χ0) is 21.1. The van der Waals surface area contributed by atoms with Gasteiger partial charge >= 0.3 is 0 Å². The van der Waals surface area contributed by atoms with Crippen LogP contribution < -0.4 is 10.1 Å². The largest absolute Gasteiger partial charge is 0.492 e. The van der Waals surface area contributed by atoms with Crippen LogP contribution in [0.1, 0.15) is 32.5 Å². The molecule has 2 aromatic carbocycles. The normalized spacial score (nSPS) is 11.3. The summed E-state index contributed by atoms with van der Waals surface area (Å²) in [7, 11) is 0. The summed E-state index contributed by atoms with van der Waals surface area (Å²) in [4.78, 5) is 17.4. The van der Waals surface area contributed by atoms with E-state index in [0.29, 0.717) is 23.2 Å². The summed E-state index contributed by atoms with van der Waals surface area (Å²) >= 11 is 1.34. The van der Waals surface area contributed by atoms with E-state index < -0.39 is 0 Å². The first-order valence-electron chi connectivity index (χ1n) is 9.86.